The molecule has 0 aromatic carbocycles. The fourth-order valence-corrected chi connectivity index (χ4v) is 4.07. The maximum Gasteiger partial charge on any atom is 0.325 e. The summed E-state index contributed by atoms with van der Waals surface area (Å²) in [6.07, 6.45) is 5.38. The van der Waals surface area contributed by atoms with E-state index in [2.05, 4.69) is 10.6 Å². The second-order valence-corrected chi connectivity index (χ2v) is 7.27. The van der Waals surface area contributed by atoms with Crippen molar-refractivity contribution in [1.29, 1.82) is 0 Å². The van der Waals surface area contributed by atoms with Crippen LogP contribution < -0.4 is 10.6 Å². The van der Waals surface area contributed by atoms with Crippen LogP contribution in [0.4, 0.5) is 4.79 Å². The minimum absolute atomic E-state index is 0.167. The SMILES string of the molecule is CC1(c2cccs2)NC(=O)N(CC(=O)NC2CCCCC2)C1=O. The summed E-state index contributed by atoms with van der Waals surface area (Å²) in [5, 5.41) is 7.51. The number of hydrogen-bond donors (Lipinski definition) is 2. The van der Waals surface area contributed by atoms with Crippen molar-refractivity contribution >= 4 is 29.2 Å². The normalized spacial score (nSPS) is 25.5. The Morgan fingerprint density at radius 2 is 2.13 bits per heavy atom. The molecule has 1 atom stereocenters. The highest BCUT2D eigenvalue weighted by atomic mass is 32.1. The molecule has 124 valence electrons. The van der Waals surface area contributed by atoms with Gasteiger partial charge in [0, 0.05) is 10.9 Å². The van der Waals surface area contributed by atoms with Crippen molar-refractivity contribution in [3.05, 3.63) is 22.4 Å². The Morgan fingerprint density at radius 3 is 2.78 bits per heavy atom. The molecule has 2 N–H and O–H groups in total. The molecule has 1 saturated carbocycles. The second kappa shape index (κ2) is 6.31. The van der Waals surface area contributed by atoms with Gasteiger partial charge in [0.25, 0.3) is 5.91 Å². The number of nitrogens with one attached hydrogen (secondary N) is 2. The quantitative estimate of drug-likeness (QED) is 0.826. The fourth-order valence-electron chi connectivity index (χ4n) is 3.23. The summed E-state index contributed by atoms with van der Waals surface area (Å²) in [6.45, 7) is 1.46. The number of nitrogens with zero attached hydrogens (tertiary/aromatic N) is 1. The third kappa shape index (κ3) is 3.10. The summed E-state index contributed by atoms with van der Waals surface area (Å²) < 4.78 is 0. The van der Waals surface area contributed by atoms with E-state index in [1.54, 1.807) is 6.92 Å². The molecule has 4 amide bonds. The van der Waals surface area contributed by atoms with Crippen LogP contribution in [0.5, 0.6) is 0 Å². The van der Waals surface area contributed by atoms with Crippen molar-refractivity contribution < 1.29 is 14.4 Å². The van der Waals surface area contributed by atoms with Crippen molar-refractivity contribution in [3.63, 3.8) is 0 Å². The number of imide groups is 1. The minimum Gasteiger partial charge on any atom is -0.352 e. The molecule has 1 aliphatic carbocycles. The summed E-state index contributed by atoms with van der Waals surface area (Å²) >= 11 is 1.41. The highest BCUT2D eigenvalue weighted by Gasteiger charge is 2.50. The highest BCUT2D eigenvalue weighted by Crippen LogP contribution is 2.31. The lowest BCUT2D eigenvalue weighted by molar-refractivity contribution is -0.135. The number of thiophene rings is 1. The van der Waals surface area contributed by atoms with E-state index in [0.717, 1.165) is 35.5 Å². The number of urea groups is 1. The Labute approximate surface area is 139 Å². The zero-order chi connectivity index (χ0) is 16.4. The highest BCUT2D eigenvalue weighted by molar-refractivity contribution is 7.10. The minimum atomic E-state index is -1.07. The van der Waals surface area contributed by atoms with Crippen LogP contribution in [0.25, 0.3) is 0 Å². The Morgan fingerprint density at radius 1 is 1.39 bits per heavy atom. The summed E-state index contributed by atoms with van der Waals surface area (Å²) in [5.74, 6) is -0.639. The predicted molar refractivity (Wildman–Crippen MR) is 86.9 cm³/mol. The first kappa shape index (κ1) is 16.0. The van der Waals surface area contributed by atoms with Crippen LogP contribution in [0.2, 0.25) is 0 Å². The van der Waals surface area contributed by atoms with E-state index in [4.69, 9.17) is 0 Å². The van der Waals surface area contributed by atoms with E-state index in [-0.39, 0.29) is 24.4 Å². The van der Waals surface area contributed by atoms with E-state index >= 15 is 0 Å². The van der Waals surface area contributed by atoms with Crippen molar-refractivity contribution in [2.75, 3.05) is 6.54 Å². The Hall–Kier alpha value is -1.89. The van der Waals surface area contributed by atoms with Gasteiger partial charge in [-0.3, -0.25) is 14.5 Å². The molecule has 1 saturated heterocycles. The van der Waals surface area contributed by atoms with Gasteiger partial charge in [-0.1, -0.05) is 25.3 Å². The summed E-state index contributed by atoms with van der Waals surface area (Å²) in [5.41, 5.74) is -1.07. The third-order valence-corrected chi connectivity index (χ3v) is 5.65. The molecule has 2 aliphatic rings. The largest absolute Gasteiger partial charge is 0.352 e. The van der Waals surface area contributed by atoms with Crippen molar-refractivity contribution in [2.24, 2.45) is 0 Å². The number of hydrogen-bond acceptors (Lipinski definition) is 4. The van der Waals surface area contributed by atoms with Gasteiger partial charge in [-0.15, -0.1) is 11.3 Å². The molecule has 3 rings (SSSR count). The van der Waals surface area contributed by atoms with Crippen LogP contribution in [0.15, 0.2) is 17.5 Å². The van der Waals surface area contributed by atoms with E-state index in [0.29, 0.717) is 0 Å². The number of carbonyl (C=O) groups excluding carboxylic acids is 3. The molecule has 23 heavy (non-hydrogen) atoms. The average Bonchev–Trinajstić information content (AvgIpc) is 3.13. The summed E-state index contributed by atoms with van der Waals surface area (Å²) in [6, 6.07) is 3.31. The van der Waals surface area contributed by atoms with Crippen molar-refractivity contribution in [3.8, 4) is 0 Å². The Balaban J connectivity index is 1.65. The number of rotatable bonds is 4. The molecule has 1 unspecified atom stereocenters. The van der Waals surface area contributed by atoms with E-state index in [1.807, 2.05) is 17.5 Å². The molecular formula is C16H21N3O3S. The predicted octanol–water partition coefficient (Wildman–Crippen LogP) is 1.96. The molecule has 2 fully saturated rings. The van der Waals surface area contributed by atoms with Gasteiger partial charge in [0.2, 0.25) is 5.91 Å². The maximum absolute atomic E-state index is 12.6. The average molecular weight is 335 g/mol. The van der Waals surface area contributed by atoms with Crippen LogP contribution in [0.1, 0.15) is 43.9 Å². The zero-order valence-electron chi connectivity index (χ0n) is 13.1. The third-order valence-electron chi connectivity index (χ3n) is 4.56. The van der Waals surface area contributed by atoms with Crippen LogP contribution in [-0.2, 0) is 15.1 Å². The van der Waals surface area contributed by atoms with Crippen LogP contribution in [-0.4, -0.2) is 35.3 Å². The first-order valence-corrected chi connectivity index (χ1v) is 8.86. The first-order chi connectivity index (χ1) is 11.0. The van der Waals surface area contributed by atoms with Gasteiger partial charge in [-0.25, -0.2) is 4.79 Å². The fraction of sp³-hybridized carbons (Fsp3) is 0.562. The van der Waals surface area contributed by atoms with Crippen molar-refractivity contribution in [1.82, 2.24) is 15.5 Å². The molecule has 1 aromatic heterocycles. The van der Waals surface area contributed by atoms with Gasteiger partial charge < -0.3 is 10.6 Å². The smallest absolute Gasteiger partial charge is 0.325 e. The molecule has 2 heterocycles. The molecular weight excluding hydrogens is 314 g/mol. The lowest BCUT2D eigenvalue weighted by Gasteiger charge is -2.24. The van der Waals surface area contributed by atoms with Crippen LogP contribution >= 0.6 is 11.3 Å². The van der Waals surface area contributed by atoms with Crippen LogP contribution in [0, 0.1) is 0 Å². The van der Waals surface area contributed by atoms with Gasteiger partial charge in [-0.05, 0) is 31.2 Å². The van der Waals surface area contributed by atoms with Crippen molar-refractivity contribution in [2.45, 2.75) is 50.6 Å². The molecule has 0 spiro atoms. The standard InChI is InChI=1S/C16H21N3O3S/c1-16(12-8-5-9-23-12)14(21)19(15(22)18-16)10-13(20)17-11-6-3-2-4-7-11/h5,8-9,11H,2-4,6-7,10H2,1H3,(H,17,20)(H,18,22). The molecule has 6 nitrogen and oxygen atoms in total. The van der Waals surface area contributed by atoms with Gasteiger partial charge in [0.1, 0.15) is 6.54 Å². The van der Waals surface area contributed by atoms with Gasteiger partial charge in [0.05, 0.1) is 0 Å². The molecule has 1 aromatic rings. The van der Waals surface area contributed by atoms with E-state index < -0.39 is 11.6 Å². The second-order valence-electron chi connectivity index (χ2n) is 6.33. The molecule has 0 bridgehead atoms. The lowest BCUT2D eigenvalue weighted by atomic mass is 9.95. The van der Waals surface area contributed by atoms with Gasteiger partial charge >= 0.3 is 6.03 Å². The number of carbonyl (C=O) groups is 3. The number of amides is 4. The summed E-state index contributed by atoms with van der Waals surface area (Å²) in [4.78, 5) is 38.7. The Bertz CT molecular complexity index is 610. The molecule has 0 radical (unpaired) electrons. The zero-order valence-corrected chi connectivity index (χ0v) is 13.9. The van der Waals surface area contributed by atoms with Gasteiger partial charge in [0.15, 0.2) is 5.54 Å². The summed E-state index contributed by atoms with van der Waals surface area (Å²) in [7, 11) is 0. The maximum atomic E-state index is 12.6. The monoisotopic (exact) mass is 335 g/mol. The van der Waals surface area contributed by atoms with E-state index in [9.17, 15) is 14.4 Å². The molecule has 1 aliphatic heterocycles. The van der Waals surface area contributed by atoms with Gasteiger partial charge in [-0.2, -0.15) is 0 Å². The Kier molecular flexibility index (Phi) is 4.39. The lowest BCUT2D eigenvalue weighted by Crippen LogP contribution is -2.45. The topological polar surface area (TPSA) is 78.5 Å². The van der Waals surface area contributed by atoms with E-state index in [1.165, 1.54) is 17.8 Å². The van der Waals surface area contributed by atoms with Crippen LogP contribution in [0.3, 0.4) is 0 Å². The first-order valence-electron chi connectivity index (χ1n) is 7.98. The molecule has 7 heteroatoms.